The Morgan fingerprint density at radius 2 is 1.84 bits per heavy atom. The lowest BCUT2D eigenvalue weighted by Crippen LogP contribution is -2.36. The van der Waals surface area contributed by atoms with E-state index in [1.165, 1.54) is 6.42 Å². The lowest BCUT2D eigenvalue weighted by molar-refractivity contribution is -0.126. The van der Waals surface area contributed by atoms with Gasteiger partial charge >= 0.3 is 0 Å². The Morgan fingerprint density at radius 1 is 1.21 bits per heavy atom. The van der Waals surface area contributed by atoms with Gasteiger partial charge in [-0.15, -0.1) is 0 Å². The van der Waals surface area contributed by atoms with Crippen LogP contribution in [0.25, 0.3) is 0 Å². The first-order chi connectivity index (χ1) is 9.17. The predicted octanol–water partition coefficient (Wildman–Crippen LogP) is 1.73. The molecule has 4 nitrogen and oxygen atoms in total. The molecule has 4 unspecified atom stereocenters. The van der Waals surface area contributed by atoms with E-state index in [0.717, 1.165) is 44.8 Å². The number of rotatable bonds is 5. The monoisotopic (exact) mass is 269 g/mol. The van der Waals surface area contributed by atoms with Crippen molar-refractivity contribution in [2.45, 2.75) is 44.8 Å². The second-order valence-corrected chi connectivity index (χ2v) is 5.98. The van der Waals surface area contributed by atoms with Gasteiger partial charge in [0, 0.05) is 46.2 Å². The number of nitrogens with zero attached hydrogens (tertiary/aromatic N) is 1. The largest absolute Gasteiger partial charge is 0.377 e. The molecule has 4 heteroatoms. The molecule has 19 heavy (non-hydrogen) atoms. The molecule has 0 spiro atoms. The average Bonchev–Trinajstić information content (AvgIpc) is 2.83. The summed E-state index contributed by atoms with van der Waals surface area (Å²) in [6.07, 6.45) is 4.43. The van der Waals surface area contributed by atoms with Crippen molar-refractivity contribution in [3.05, 3.63) is 0 Å². The Morgan fingerprint density at radius 3 is 2.37 bits per heavy atom. The highest BCUT2D eigenvalue weighted by Crippen LogP contribution is 2.30. The topological polar surface area (TPSA) is 38.8 Å². The second kappa shape index (κ2) is 6.82. The molecule has 1 heterocycles. The first-order valence-electron chi connectivity index (χ1n) is 7.48. The third-order valence-electron chi connectivity index (χ3n) is 4.82. The Balaban J connectivity index is 1.88. The van der Waals surface area contributed by atoms with Crippen LogP contribution >= 0.6 is 0 Å². The van der Waals surface area contributed by atoms with Gasteiger partial charge < -0.3 is 9.47 Å². The number of methoxy groups -OCH3 is 2. The maximum absolute atomic E-state index is 12.1. The summed E-state index contributed by atoms with van der Waals surface area (Å²) in [5.41, 5.74) is 0. The second-order valence-electron chi connectivity index (χ2n) is 5.98. The molecule has 0 aromatic rings. The standard InChI is InChI=1S/C15H27NO3/c1-4-11-5-6-13(17)12(7-11)8-16-9-14(18-2)15(10-16)19-3/h11-12,14-15H,4-10H2,1-3H3. The number of hydrogen-bond donors (Lipinski definition) is 0. The van der Waals surface area contributed by atoms with Gasteiger partial charge in [-0.2, -0.15) is 0 Å². The van der Waals surface area contributed by atoms with Crippen LogP contribution in [0.15, 0.2) is 0 Å². The summed E-state index contributed by atoms with van der Waals surface area (Å²) in [4.78, 5) is 14.4. The minimum atomic E-state index is 0.144. The van der Waals surface area contributed by atoms with E-state index in [2.05, 4.69) is 11.8 Å². The summed E-state index contributed by atoms with van der Waals surface area (Å²) in [5.74, 6) is 1.42. The number of carbonyl (C=O) groups is 1. The van der Waals surface area contributed by atoms with Crippen LogP contribution in [0.1, 0.15) is 32.6 Å². The lowest BCUT2D eigenvalue weighted by atomic mass is 9.79. The van der Waals surface area contributed by atoms with Gasteiger partial charge in [0.15, 0.2) is 0 Å². The summed E-state index contributed by atoms with van der Waals surface area (Å²) in [6.45, 7) is 4.88. The smallest absolute Gasteiger partial charge is 0.137 e. The predicted molar refractivity (Wildman–Crippen MR) is 74.2 cm³/mol. The van der Waals surface area contributed by atoms with Crippen molar-refractivity contribution < 1.29 is 14.3 Å². The molecule has 1 saturated heterocycles. The summed E-state index contributed by atoms with van der Waals surface area (Å²) >= 11 is 0. The van der Waals surface area contributed by atoms with E-state index in [1.54, 1.807) is 14.2 Å². The minimum absolute atomic E-state index is 0.144. The SMILES string of the molecule is CCC1CCC(=O)C(CN2CC(OC)C(OC)C2)C1. The highest BCUT2D eigenvalue weighted by Gasteiger charge is 2.36. The number of Topliss-reactive ketones (excluding diaryl/α,β-unsaturated/α-hetero) is 1. The molecule has 110 valence electrons. The number of hydrogen-bond acceptors (Lipinski definition) is 4. The molecular formula is C15H27NO3. The van der Waals surface area contributed by atoms with E-state index in [4.69, 9.17) is 9.47 Å². The molecule has 0 aromatic carbocycles. The van der Waals surface area contributed by atoms with Crippen LogP contribution in [0.5, 0.6) is 0 Å². The third-order valence-corrected chi connectivity index (χ3v) is 4.82. The minimum Gasteiger partial charge on any atom is -0.377 e. The highest BCUT2D eigenvalue weighted by molar-refractivity contribution is 5.81. The molecule has 0 aromatic heterocycles. The van der Waals surface area contributed by atoms with Crippen molar-refractivity contribution in [3.63, 3.8) is 0 Å². The lowest BCUT2D eigenvalue weighted by Gasteiger charge is -2.30. The van der Waals surface area contributed by atoms with Crippen LogP contribution in [-0.2, 0) is 14.3 Å². The van der Waals surface area contributed by atoms with Crippen molar-refractivity contribution in [1.82, 2.24) is 4.90 Å². The van der Waals surface area contributed by atoms with E-state index >= 15 is 0 Å². The van der Waals surface area contributed by atoms with Gasteiger partial charge in [0.2, 0.25) is 0 Å². The van der Waals surface area contributed by atoms with Crippen molar-refractivity contribution in [2.24, 2.45) is 11.8 Å². The molecule has 2 rings (SSSR count). The van der Waals surface area contributed by atoms with Crippen LogP contribution in [0, 0.1) is 11.8 Å². The molecule has 4 atom stereocenters. The Hall–Kier alpha value is -0.450. The van der Waals surface area contributed by atoms with Gasteiger partial charge in [0.25, 0.3) is 0 Å². The molecule has 0 radical (unpaired) electrons. The van der Waals surface area contributed by atoms with E-state index < -0.39 is 0 Å². The Labute approximate surface area is 116 Å². The zero-order chi connectivity index (χ0) is 13.8. The first kappa shape index (κ1) is 14.9. The van der Waals surface area contributed by atoms with Crippen LogP contribution in [0.4, 0.5) is 0 Å². The number of ketones is 1. The van der Waals surface area contributed by atoms with Gasteiger partial charge in [0.05, 0.1) is 12.2 Å². The van der Waals surface area contributed by atoms with Gasteiger partial charge in [-0.25, -0.2) is 0 Å². The van der Waals surface area contributed by atoms with Crippen molar-refractivity contribution in [1.29, 1.82) is 0 Å². The number of ether oxygens (including phenoxy) is 2. The molecular weight excluding hydrogens is 242 g/mol. The molecule has 0 amide bonds. The fourth-order valence-electron chi connectivity index (χ4n) is 3.48. The van der Waals surface area contributed by atoms with Crippen molar-refractivity contribution in [2.75, 3.05) is 33.9 Å². The fraction of sp³-hybridized carbons (Fsp3) is 0.933. The molecule has 1 aliphatic heterocycles. The number of likely N-dealkylation sites (tertiary alicyclic amines) is 1. The maximum atomic E-state index is 12.1. The highest BCUT2D eigenvalue weighted by atomic mass is 16.5. The van der Waals surface area contributed by atoms with Gasteiger partial charge in [-0.1, -0.05) is 13.3 Å². The molecule has 2 fully saturated rings. The fourth-order valence-corrected chi connectivity index (χ4v) is 3.48. The van der Waals surface area contributed by atoms with E-state index in [0.29, 0.717) is 5.78 Å². The molecule has 0 bridgehead atoms. The molecule has 2 aliphatic rings. The van der Waals surface area contributed by atoms with Crippen molar-refractivity contribution >= 4 is 5.78 Å². The first-order valence-corrected chi connectivity index (χ1v) is 7.48. The average molecular weight is 269 g/mol. The van der Waals surface area contributed by atoms with Gasteiger partial charge in [0.1, 0.15) is 5.78 Å². The zero-order valence-electron chi connectivity index (χ0n) is 12.4. The summed E-state index contributed by atoms with van der Waals surface area (Å²) < 4.78 is 10.9. The Kier molecular flexibility index (Phi) is 5.37. The normalized spacial score (nSPS) is 36.9. The number of carbonyl (C=O) groups excluding carboxylic acids is 1. The Bertz CT molecular complexity index is 296. The van der Waals surface area contributed by atoms with E-state index in [1.807, 2.05) is 0 Å². The summed E-state index contributed by atoms with van der Waals surface area (Å²) in [6, 6.07) is 0. The molecule has 1 aliphatic carbocycles. The third kappa shape index (κ3) is 3.56. The van der Waals surface area contributed by atoms with Crippen molar-refractivity contribution in [3.8, 4) is 0 Å². The molecule has 0 N–H and O–H groups in total. The van der Waals surface area contributed by atoms with Crippen LogP contribution in [-0.4, -0.2) is 56.7 Å². The van der Waals surface area contributed by atoms with Gasteiger partial charge in [-0.05, 0) is 18.8 Å². The van der Waals surface area contributed by atoms with E-state index in [-0.39, 0.29) is 18.1 Å². The quantitative estimate of drug-likeness (QED) is 0.762. The van der Waals surface area contributed by atoms with Crippen LogP contribution in [0.3, 0.4) is 0 Å². The summed E-state index contributed by atoms with van der Waals surface area (Å²) in [5, 5.41) is 0. The van der Waals surface area contributed by atoms with E-state index in [9.17, 15) is 4.79 Å². The maximum Gasteiger partial charge on any atom is 0.137 e. The van der Waals surface area contributed by atoms with Crippen LogP contribution < -0.4 is 0 Å². The zero-order valence-corrected chi connectivity index (χ0v) is 12.4. The summed E-state index contributed by atoms with van der Waals surface area (Å²) in [7, 11) is 3.47. The van der Waals surface area contributed by atoms with Gasteiger partial charge in [-0.3, -0.25) is 9.69 Å². The molecule has 1 saturated carbocycles. The van der Waals surface area contributed by atoms with Crippen LogP contribution in [0.2, 0.25) is 0 Å².